The Kier molecular flexibility index (Phi) is 3.11. The standard InChI is InChI=1S/C9H12N2O6/c12-3-4-6(14)7(15)8(17-4)11-2-1-5(13)10-9(11)16/h1-2,4,6-8,12,14-15H,3H2,(H,10,13,16)/t4-,6-,7-,8-/m1/s1/i7+1. The van der Waals surface area contributed by atoms with Gasteiger partial charge in [-0.25, -0.2) is 4.79 Å². The minimum Gasteiger partial charge on any atom is -0.394 e. The van der Waals surface area contributed by atoms with Crippen LogP contribution in [-0.2, 0) is 4.74 Å². The Labute approximate surface area is 94.7 Å². The molecule has 1 saturated heterocycles. The van der Waals surface area contributed by atoms with Crippen molar-refractivity contribution >= 4 is 0 Å². The van der Waals surface area contributed by atoms with Crippen LogP contribution in [0.25, 0.3) is 0 Å². The number of ether oxygens (including phenoxy) is 1. The van der Waals surface area contributed by atoms with Crippen molar-refractivity contribution in [1.82, 2.24) is 9.55 Å². The minimum absolute atomic E-state index is 0.479. The summed E-state index contributed by atoms with van der Waals surface area (Å²) in [6.07, 6.45) is -3.58. The number of hydrogen-bond acceptors (Lipinski definition) is 6. The average Bonchev–Trinajstić information content (AvgIpc) is 2.57. The van der Waals surface area contributed by atoms with Gasteiger partial charge in [-0.15, -0.1) is 0 Å². The van der Waals surface area contributed by atoms with Crippen LogP contribution < -0.4 is 11.2 Å². The fourth-order valence-electron chi connectivity index (χ4n) is 1.74. The molecule has 4 N–H and O–H groups in total. The van der Waals surface area contributed by atoms with Crippen LogP contribution >= 0.6 is 0 Å². The van der Waals surface area contributed by atoms with Gasteiger partial charge in [-0.3, -0.25) is 14.3 Å². The number of aromatic nitrogens is 2. The minimum atomic E-state index is -1.35. The highest BCUT2D eigenvalue weighted by Crippen LogP contribution is 2.27. The summed E-state index contributed by atoms with van der Waals surface area (Å²) in [6, 6.07) is 1.09. The van der Waals surface area contributed by atoms with Gasteiger partial charge >= 0.3 is 5.69 Å². The highest BCUT2D eigenvalue weighted by Gasteiger charge is 2.43. The molecule has 0 aromatic carbocycles. The number of aromatic amines is 1. The van der Waals surface area contributed by atoms with Crippen molar-refractivity contribution in [3.8, 4) is 0 Å². The molecule has 1 aromatic heterocycles. The second kappa shape index (κ2) is 4.41. The molecule has 1 fully saturated rings. The monoisotopic (exact) mass is 245 g/mol. The third-order valence-corrected chi connectivity index (χ3v) is 2.64. The Morgan fingerprint density at radius 1 is 1.35 bits per heavy atom. The van der Waals surface area contributed by atoms with E-state index in [9.17, 15) is 19.8 Å². The van der Waals surface area contributed by atoms with Gasteiger partial charge in [-0.1, -0.05) is 0 Å². The van der Waals surface area contributed by atoms with Crippen LogP contribution in [0.5, 0.6) is 0 Å². The zero-order valence-corrected chi connectivity index (χ0v) is 8.68. The van der Waals surface area contributed by atoms with Gasteiger partial charge in [0.15, 0.2) is 6.23 Å². The molecule has 8 heteroatoms. The second-order valence-electron chi connectivity index (χ2n) is 3.75. The van der Waals surface area contributed by atoms with E-state index >= 15 is 0 Å². The average molecular weight is 245 g/mol. The Bertz CT molecular complexity index is 509. The number of nitrogens with one attached hydrogen (secondary N) is 1. The third-order valence-electron chi connectivity index (χ3n) is 2.64. The first-order chi connectivity index (χ1) is 8.04. The molecule has 4 atom stereocenters. The molecule has 1 aliphatic heterocycles. The largest absolute Gasteiger partial charge is 0.394 e. The van der Waals surface area contributed by atoms with Crippen LogP contribution in [0, 0.1) is 0 Å². The summed E-state index contributed by atoms with van der Waals surface area (Å²) in [5.74, 6) is 0. The molecule has 0 radical (unpaired) electrons. The van der Waals surface area contributed by atoms with Crippen LogP contribution in [0.1, 0.15) is 6.23 Å². The summed E-state index contributed by atoms with van der Waals surface area (Å²) in [6.45, 7) is -0.479. The van der Waals surface area contributed by atoms with E-state index in [1.165, 1.54) is 0 Å². The zero-order valence-electron chi connectivity index (χ0n) is 8.68. The van der Waals surface area contributed by atoms with Crippen molar-refractivity contribution in [2.45, 2.75) is 24.5 Å². The first-order valence-electron chi connectivity index (χ1n) is 4.98. The quantitative estimate of drug-likeness (QED) is 0.416. The van der Waals surface area contributed by atoms with Gasteiger partial charge in [-0.2, -0.15) is 0 Å². The molecular formula is C9H12N2O6. The van der Waals surface area contributed by atoms with Gasteiger partial charge in [0.2, 0.25) is 0 Å². The lowest BCUT2D eigenvalue weighted by Crippen LogP contribution is -2.37. The number of hydrogen-bond donors (Lipinski definition) is 4. The van der Waals surface area contributed by atoms with Gasteiger partial charge in [0.1, 0.15) is 18.3 Å². The molecule has 0 saturated carbocycles. The Morgan fingerprint density at radius 2 is 2.06 bits per heavy atom. The molecule has 0 unspecified atom stereocenters. The summed E-state index contributed by atoms with van der Waals surface area (Å²) in [5, 5.41) is 28.1. The van der Waals surface area contributed by atoms with E-state index in [0.717, 1.165) is 16.8 Å². The maximum absolute atomic E-state index is 11.4. The third kappa shape index (κ3) is 2.03. The van der Waals surface area contributed by atoms with E-state index in [1.807, 2.05) is 4.98 Å². The van der Waals surface area contributed by atoms with Gasteiger partial charge in [0, 0.05) is 12.3 Å². The van der Waals surface area contributed by atoms with Crippen LogP contribution in [0.2, 0.25) is 0 Å². The topological polar surface area (TPSA) is 125 Å². The summed E-state index contributed by atoms with van der Waals surface area (Å²) >= 11 is 0. The molecular weight excluding hydrogens is 233 g/mol. The molecule has 17 heavy (non-hydrogen) atoms. The van der Waals surface area contributed by atoms with Crippen molar-refractivity contribution in [3.63, 3.8) is 0 Å². The summed E-state index contributed by atoms with van der Waals surface area (Å²) in [5.41, 5.74) is -1.33. The van der Waals surface area contributed by atoms with E-state index in [1.54, 1.807) is 0 Å². The van der Waals surface area contributed by atoms with Crippen LogP contribution in [0.4, 0.5) is 0 Å². The molecule has 94 valence electrons. The van der Waals surface area contributed by atoms with Crippen LogP contribution in [0.3, 0.4) is 0 Å². The lowest BCUT2D eigenvalue weighted by molar-refractivity contribution is -0.0550. The van der Waals surface area contributed by atoms with Crippen molar-refractivity contribution in [2.24, 2.45) is 0 Å². The van der Waals surface area contributed by atoms with Gasteiger partial charge in [0.25, 0.3) is 5.56 Å². The zero-order chi connectivity index (χ0) is 12.6. The number of aliphatic hydroxyl groups is 3. The van der Waals surface area contributed by atoms with Crippen LogP contribution in [0.15, 0.2) is 21.9 Å². The highest BCUT2D eigenvalue weighted by molar-refractivity contribution is 4.92. The Hall–Kier alpha value is -1.48. The molecule has 2 heterocycles. The van der Waals surface area contributed by atoms with E-state index in [4.69, 9.17) is 9.84 Å². The lowest BCUT2D eigenvalue weighted by Gasteiger charge is -2.16. The molecule has 0 amide bonds. The molecule has 0 bridgehead atoms. The summed E-state index contributed by atoms with van der Waals surface area (Å²) < 4.78 is 6.08. The van der Waals surface area contributed by atoms with Gasteiger partial charge in [0.05, 0.1) is 6.61 Å². The fraction of sp³-hybridized carbons (Fsp3) is 0.556. The Balaban J connectivity index is 2.35. The van der Waals surface area contributed by atoms with Crippen molar-refractivity contribution < 1.29 is 20.1 Å². The first kappa shape index (κ1) is 12.0. The number of H-pyrrole nitrogens is 1. The van der Waals surface area contributed by atoms with Gasteiger partial charge < -0.3 is 20.1 Å². The molecule has 2 rings (SSSR count). The van der Waals surface area contributed by atoms with Crippen molar-refractivity contribution in [2.75, 3.05) is 6.61 Å². The van der Waals surface area contributed by atoms with E-state index in [0.29, 0.717) is 0 Å². The fourth-order valence-corrected chi connectivity index (χ4v) is 1.74. The SMILES string of the molecule is O=c1ccn([C@@H]2O[C@H](CO)[C@@H](O)[13C@H]2O)c(=O)[nH]1. The Morgan fingerprint density at radius 3 is 2.59 bits per heavy atom. The predicted octanol–water partition coefficient (Wildman–Crippen LogP) is -2.85. The summed E-state index contributed by atoms with van der Waals surface area (Å²) in [4.78, 5) is 24.3. The summed E-state index contributed by atoms with van der Waals surface area (Å²) in [7, 11) is 0. The normalized spacial score (nSPS) is 32.9. The molecule has 8 nitrogen and oxygen atoms in total. The number of rotatable bonds is 2. The highest BCUT2D eigenvalue weighted by atomic mass is 16.6. The number of nitrogens with zero attached hydrogens (tertiary/aromatic N) is 1. The van der Waals surface area contributed by atoms with E-state index < -0.39 is 42.4 Å². The van der Waals surface area contributed by atoms with Crippen molar-refractivity contribution in [1.29, 1.82) is 0 Å². The molecule has 1 aromatic rings. The molecule has 1 aliphatic rings. The van der Waals surface area contributed by atoms with E-state index in [2.05, 4.69) is 0 Å². The predicted molar refractivity (Wildman–Crippen MR) is 54.3 cm³/mol. The molecule has 0 spiro atoms. The molecule has 0 aliphatic carbocycles. The van der Waals surface area contributed by atoms with Gasteiger partial charge in [-0.05, 0) is 0 Å². The maximum Gasteiger partial charge on any atom is 0.330 e. The lowest BCUT2D eigenvalue weighted by atomic mass is 10.3. The van der Waals surface area contributed by atoms with E-state index in [-0.39, 0.29) is 0 Å². The number of aliphatic hydroxyl groups excluding tert-OH is 3. The maximum atomic E-state index is 11.4. The smallest absolute Gasteiger partial charge is 0.330 e. The second-order valence-corrected chi connectivity index (χ2v) is 3.75. The van der Waals surface area contributed by atoms with Crippen LogP contribution in [-0.4, -0.2) is 49.8 Å². The van der Waals surface area contributed by atoms with Crippen molar-refractivity contribution in [3.05, 3.63) is 33.1 Å². The first-order valence-corrected chi connectivity index (χ1v) is 4.98.